The van der Waals surface area contributed by atoms with E-state index in [9.17, 15) is 0 Å². The molecular weight excluding hydrogens is 256 g/mol. The summed E-state index contributed by atoms with van der Waals surface area (Å²) in [5, 5.41) is 11.0. The summed E-state index contributed by atoms with van der Waals surface area (Å²) in [4.78, 5) is 0. The first kappa shape index (κ1) is 10.9. The molecule has 0 bridgehead atoms. The molecule has 0 aliphatic carbocycles. The Hall–Kier alpha value is -2.87. The van der Waals surface area contributed by atoms with Crippen molar-refractivity contribution >= 4 is 38.0 Å². The van der Waals surface area contributed by atoms with Crippen molar-refractivity contribution in [1.82, 2.24) is 9.61 Å². The first-order valence-electron chi connectivity index (χ1n) is 7.09. The van der Waals surface area contributed by atoms with Gasteiger partial charge in [0.05, 0.1) is 11.0 Å². The lowest BCUT2D eigenvalue weighted by Gasteiger charge is -2.04. The number of nitrogens with zero attached hydrogens (tertiary/aromatic N) is 2. The Bertz CT molecular complexity index is 1130. The SMILES string of the molecule is c1ccc2c(c1)ccc1nn3cc4ccccc4c3cc12. The highest BCUT2D eigenvalue weighted by Gasteiger charge is 2.07. The largest absolute Gasteiger partial charge is 0.239 e. The molecule has 2 heteroatoms. The van der Waals surface area contributed by atoms with Crippen LogP contribution in [0.3, 0.4) is 0 Å². The maximum Gasteiger partial charge on any atom is 0.0919 e. The predicted octanol–water partition coefficient (Wildman–Crippen LogP) is 4.79. The molecule has 0 saturated carbocycles. The fourth-order valence-corrected chi connectivity index (χ4v) is 3.17. The summed E-state index contributed by atoms with van der Waals surface area (Å²) >= 11 is 0. The minimum atomic E-state index is 1.03. The van der Waals surface area contributed by atoms with Crippen LogP contribution in [0.5, 0.6) is 0 Å². The van der Waals surface area contributed by atoms with Gasteiger partial charge >= 0.3 is 0 Å². The number of fused-ring (bicyclic) bond motifs is 6. The molecule has 0 unspecified atom stereocenters. The number of aromatic nitrogens is 2. The minimum Gasteiger partial charge on any atom is -0.239 e. The van der Waals surface area contributed by atoms with Gasteiger partial charge in [0.25, 0.3) is 0 Å². The van der Waals surface area contributed by atoms with Crippen molar-refractivity contribution in [2.75, 3.05) is 0 Å². The van der Waals surface area contributed by atoms with Crippen molar-refractivity contribution in [2.24, 2.45) is 0 Å². The van der Waals surface area contributed by atoms with E-state index in [1.165, 1.54) is 26.9 Å². The maximum atomic E-state index is 4.78. The molecule has 5 rings (SSSR count). The Morgan fingerprint density at radius 3 is 2.33 bits per heavy atom. The molecule has 0 aliphatic rings. The third kappa shape index (κ3) is 1.44. The number of rotatable bonds is 0. The van der Waals surface area contributed by atoms with Gasteiger partial charge < -0.3 is 0 Å². The lowest BCUT2D eigenvalue weighted by Crippen LogP contribution is -1.91. The summed E-state index contributed by atoms with van der Waals surface area (Å²) < 4.78 is 1.99. The van der Waals surface area contributed by atoms with Crippen LogP contribution in [0, 0.1) is 0 Å². The Balaban J connectivity index is 2.06. The van der Waals surface area contributed by atoms with E-state index in [1.807, 2.05) is 4.52 Å². The molecule has 0 N–H and O–H groups in total. The fourth-order valence-electron chi connectivity index (χ4n) is 3.17. The third-order valence-corrected chi connectivity index (χ3v) is 4.19. The third-order valence-electron chi connectivity index (χ3n) is 4.19. The van der Waals surface area contributed by atoms with Crippen LogP contribution in [0.2, 0.25) is 0 Å². The predicted molar refractivity (Wildman–Crippen MR) is 87.7 cm³/mol. The van der Waals surface area contributed by atoms with Crippen molar-refractivity contribution in [3.8, 4) is 0 Å². The number of hydrogen-bond acceptors (Lipinski definition) is 1. The number of hydrogen-bond donors (Lipinski definition) is 0. The maximum absolute atomic E-state index is 4.78. The summed E-state index contributed by atoms with van der Waals surface area (Å²) in [7, 11) is 0. The molecular formula is C19H12N2. The molecule has 2 nitrogen and oxygen atoms in total. The Kier molecular flexibility index (Phi) is 1.98. The van der Waals surface area contributed by atoms with Crippen LogP contribution in [0.15, 0.2) is 72.9 Å². The summed E-state index contributed by atoms with van der Waals surface area (Å²) in [6.07, 6.45) is 2.10. The Morgan fingerprint density at radius 2 is 1.43 bits per heavy atom. The lowest BCUT2D eigenvalue weighted by molar-refractivity contribution is 0.980. The normalized spacial score (nSPS) is 11.8. The molecule has 0 spiro atoms. The standard InChI is InChI=1S/C19H12N2/c1-3-7-15-13(5-1)9-10-18-17(15)11-19-16-8-4-2-6-14(16)12-21(19)20-18/h1-12H. The first-order chi connectivity index (χ1) is 10.4. The molecule has 0 saturated heterocycles. The zero-order valence-corrected chi connectivity index (χ0v) is 11.3. The molecule has 5 aromatic rings. The van der Waals surface area contributed by atoms with Gasteiger partial charge in [0.15, 0.2) is 0 Å². The molecule has 2 aromatic heterocycles. The summed E-state index contributed by atoms with van der Waals surface area (Å²) in [5.74, 6) is 0. The van der Waals surface area contributed by atoms with E-state index in [4.69, 9.17) is 5.10 Å². The highest BCUT2D eigenvalue weighted by Crippen LogP contribution is 2.28. The van der Waals surface area contributed by atoms with E-state index in [0.29, 0.717) is 0 Å². The van der Waals surface area contributed by atoms with Gasteiger partial charge in [-0.2, -0.15) is 5.10 Å². The van der Waals surface area contributed by atoms with Crippen LogP contribution in [0.1, 0.15) is 0 Å². The second-order valence-electron chi connectivity index (χ2n) is 5.41. The van der Waals surface area contributed by atoms with E-state index in [2.05, 4.69) is 72.9 Å². The second-order valence-corrected chi connectivity index (χ2v) is 5.41. The molecule has 0 radical (unpaired) electrons. The van der Waals surface area contributed by atoms with Gasteiger partial charge in [0.2, 0.25) is 0 Å². The quantitative estimate of drug-likeness (QED) is 0.369. The molecule has 98 valence electrons. The molecule has 0 amide bonds. The van der Waals surface area contributed by atoms with Crippen molar-refractivity contribution in [2.45, 2.75) is 0 Å². The number of benzene rings is 3. The molecule has 0 fully saturated rings. The topological polar surface area (TPSA) is 17.3 Å². The Morgan fingerprint density at radius 1 is 0.667 bits per heavy atom. The molecule has 2 heterocycles. The van der Waals surface area contributed by atoms with Gasteiger partial charge in [-0.3, -0.25) is 0 Å². The van der Waals surface area contributed by atoms with Crippen LogP contribution >= 0.6 is 0 Å². The minimum absolute atomic E-state index is 1.03. The average molecular weight is 268 g/mol. The van der Waals surface area contributed by atoms with E-state index in [-0.39, 0.29) is 0 Å². The smallest absolute Gasteiger partial charge is 0.0919 e. The van der Waals surface area contributed by atoms with E-state index in [1.54, 1.807) is 0 Å². The van der Waals surface area contributed by atoms with Crippen LogP contribution in [0.4, 0.5) is 0 Å². The highest BCUT2D eigenvalue weighted by atomic mass is 15.2. The zero-order chi connectivity index (χ0) is 13.8. The summed E-state index contributed by atoms with van der Waals surface area (Å²) in [6.45, 7) is 0. The van der Waals surface area contributed by atoms with Crippen molar-refractivity contribution in [3.05, 3.63) is 72.9 Å². The zero-order valence-electron chi connectivity index (χ0n) is 11.3. The van der Waals surface area contributed by atoms with Gasteiger partial charge in [-0.1, -0.05) is 54.6 Å². The van der Waals surface area contributed by atoms with Gasteiger partial charge in [-0.25, -0.2) is 4.52 Å². The van der Waals surface area contributed by atoms with Crippen LogP contribution in [0.25, 0.3) is 38.0 Å². The van der Waals surface area contributed by atoms with Crippen molar-refractivity contribution < 1.29 is 0 Å². The van der Waals surface area contributed by atoms with Crippen LogP contribution in [-0.2, 0) is 0 Å². The van der Waals surface area contributed by atoms with Crippen LogP contribution < -0.4 is 0 Å². The van der Waals surface area contributed by atoms with Gasteiger partial charge in [-0.05, 0) is 22.9 Å². The van der Waals surface area contributed by atoms with E-state index >= 15 is 0 Å². The Labute approximate surface area is 121 Å². The summed E-state index contributed by atoms with van der Waals surface area (Å²) in [6, 6.07) is 23.4. The lowest BCUT2D eigenvalue weighted by atomic mass is 10.1. The molecule has 0 atom stereocenters. The molecule has 3 aromatic carbocycles. The highest BCUT2D eigenvalue weighted by molar-refractivity contribution is 6.09. The average Bonchev–Trinajstić information content (AvgIpc) is 2.90. The fraction of sp³-hybridized carbons (Fsp3) is 0. The van der Waals surface area contributed by atoms with Gasteiger partial charge in [-0.15, -0.1) is 0 Å². The van der Waals surface area contributed by atoms with E-state index in [0.717, 1.165) is 11.0 Å². The van der Waals surface area contributed by atoms with Crippen LogP contribution in [-0.4, -0.2) is 9.61 Å². The van der Waals surface area contributed by atoms with Gasteiger partial charge in [0, 0.05) is 22.4 Å². The van der Waals surface area contributed by atoms with Crippen molar-refractivity contribution in [3.63, 3.8) is 0 Å². The molecule has 0 aliphatic heterocycles. The summed E-state index contributed by atoms with van der Waals surface area (Å²) in [5.41, 5.74) is 2.19. The van der Waals surface area contributed by atoms with Gasteiger partial charge in [0.1, 0.15) is 0 Å². The second kappa shape index (κ2) is 3.83. The van der Waals surface area contributed by atoms with Crippen molar-refractivity contribution in [1.29, 1.82) is 0 Å². The first-order valence-corrected chi connectivity index (χ1v) is 7.09. The monoisotopic (exact) mass is 268 g/mol. The molecule has 21 heavy (non-hydrogen) atoms. The van der Waals surface area contributed by atoms with E-state index < -0.39 is 0 Å².